The Morgan fingerprint density at radius 1 is 0.842 bits per heavy atom. The molecule has 5 nitrogen and oxygen atoms in total. The largest absolute Gasteiger partial charge is 0.383 e. The molecule has 3 rings (SSSR count). The van der Waals surface area contributed by atoms with Crippen LogP contribution in [0.4, 0.5) is 23.3 Å². The lowest BCUT2D eigenvalue weighted by atomic mass is 10.1. The molecule has 19 heavy (non-hydrogen) atoms. The number of nitrogens with two attached hydrogens (primary N) is 2. The van der Waals surface area contributed by atoms with E-state index in [9.17, 15) is 0 Å². The average molecular weight is 251 g/mol. The van der Waals surface area contributed by atoms with Crippen LogP contribution in [0.25, 0.3) is 10.8 Å². The van der Waals surface area contributed by atoms with Crippen LogP contribution >= 0.6 is 0 Å². The molecule has 0 aliphatic heterocycles. The van der Waals surface area contributed by atoms with Crippen LogP contribution in [0, 0.1) is 0 Å². The lowest BCUT2D eigenvalue weighted by Crippen LogP contribution is -2.02. The average Bonchev–Trinajstić information content (AvgIpc) is 2.37. The Morgan fingerprint density at radius 3 is 2.42 bits per heavy atom. The van der Waals surface area contributed by atoms with Crippen molar-refractivity contribution in [1.82, 2.24) is 9.97 Å². The third-order valence-electron chi connectivity index (χ3n) is 2.79. The fourth-order valence-corrected chi connectivity index (χ4v) is 1.96. The third-order valence-corrected chi connectivity index (χ3v) is 2.79. The van der Waals surface area contributed by atoms with Gasteiger partial charge in [0.15, 0.2) is 0 Å². The maximum absolute atomic E-state index is 5.63. The number of hydrogen-bond acceptors (Lipinski definition) is 5. The first-order chi connectivity index (χ1) is 9.20. The first kappa shape index (κ1) is 11.3. The fraction of sp³-hybridized carbons (Fsp3) is 0. The van der Waals surface area contributed by atoms with Gasteiger partial charge in [-0.15, -0.1) is 0 Å². The van der Waals surface area contributed by atoms with Crippen LogP contribution in [0.3, 0.4) is 0 Å². The van der Waals surface area contributed by atoms with E-state index in [1.165, 1.54) is 5.39 Å². The van der Waals surface area contributed by atoms with Crippen LogP contribution in [0.5, 0.6) is 0 Å². The standard InChI is InChI=1S/C14H13N5/c15-12-8-13(19-14(16)18-12)17-11-6-5-9-3-1-2-4-10(9)7-11/h1-8H,(H5,15,16,17,18,19). The van der Waals surface area contributed by atoms with Crippen LogP contribution in [-0.4, -0.2) is 9.97 Å². The monoisotopic (exact) mass is 251 g/mol. The molecule has 1 heterocycles. The Kier molecular flexibility index (Phi) is 2.64. The summed E-state index contributed by atoms with van der Waals surface area (Å²) >= 11 is 0. The molecular formula is C14H13N5. The fourth-order valence-electron chi connectivity index (χ4n) is 1.96. The summed E-state index contributed by atoms with van der Waals surface area (Å²) in [5.41, 5.74) is 12.1. The van der Waals surface area contributed by atoms with E-state index in [2.05, 4.69) is 27.4 Å². The molecule has 0 atom stereocenters. The summed E-state index contributed by atoms with van der Waals surface area (Å²) in [6.45, 7) is 0. The van der Waals surface area contributed by atoms with Gasteiger partial charge in [0, 0.05) is 11.8 Å². The molecule has 0 fully saturated rings. The number of anilines is 4. The van der Waals surface area contributed by atoms with Crippen molar-refractivity contribution in [1.29, 1.82) is 0 Å². The highest BCUT2D eigenvalue weighted by atomic mass is 15.1. The molecule has 2 aromatic carbocycles. The van der Waals surface area contributed by atoms with Crippen LogP contribution in [-0.2, 0) is 0 Å². The second-order valence-corrected chi connectivity index (χ2v) is 4.22. The zero-order valence-electron chi connectivity index (χ0n) is 10.2. The number of fused-ring (bicyclic) bond motifs is 1. The number of benzene rings is 2. The van der Waals surface area contributed by atoms with Crippen molar-refractivity contribution in [3.63, 3.8) is 0 Å². The number of hydrogen-bond donors (Lipinski definition) is 3. The van der Waals surface area contributed by atoms with Crippen LogP contribution in [0.15, 0.2) is 48.5 Å². The molecule has 0 aliphatic rings. The zero-order chi connectivity index (χ0) is 13.2. The van der Waals surface area contributed by atoms with Crippen molar-refractivity contribution in [2.24, 2.45) is 0 Å². The summed E-state index contributed by atoms with van der Waals surface area (Å²) in [7, 11) is 0. The highest BCUT2D eigenvalue weighted by molar-refractivity contribution is 5.86. The van der Waals surface area contributed by atoms with Crippen molar-refractivity contribution in [3.8, 4) is 0 Å². The lowest BCUT2D eigenvalue weighted by Gasteiger charge is -2.08. The predicted molar refractivity (Wildman–Crippen MR) is 78.1 cm³/mol. The van der Waals surface area contributed by atoms with Crippen molar-refractivity contribution in [2.45, 2.75) is 0 Å². The first-order valence-electron chi connectivity index (χ1n) is 5.86. The zero-order valence-corrected chi connectivity index (χ0v) is 10.2. The summed E-state index contributed by atoms with van der Waals surface area (Å²) < 4.78 is 0. The highest BCUT2D eigenvalue weighted by Crippen LogP contribution is 2.22. The van der Waals surface area contributed by atoms with Gasteiger partial charge >= 0.3 is 0 Å². The van der Waals surface area contributed by atoms with Gasteiger partial charge in [0.1, 0.15) is 11.6 Å². The van der Waals surface area contributed by atoms with E-state index >= 15 is 0 Å². The predicted octanol–water partition coefficient (Wildman–Crippen LogP) is 2.54. The van der Waals surface area contributed by atoms with Crippen molar-refractivity contribution >= 4 is 34.0 Å². The van der Waals surface area contributed by atoms with Crippen molar-refractivity contribution < 1.29 is 0 Å². The van der Waals surface area contributed by atoms with E-state index < -0.39 is 0 Å². The van der Waals surface area contributed by atoms with E-state index in [0.29, 0.717) is 11.6 Å². The van der Waals surface area contributed by atoms with Gasteiger partial charge in [0.2, 0.25) is 5.95 Å². The molecule has 0 bridgehead atoms. The quantitative estimate of drug-likeness (QED) is 0.651. The smallest absolute Gasteiger partial charge is 0.223 e. The third kappa shape index (κ3) is 2.40. The van der Waals surface area contributed by atoms with Crippen molar-refractivity contribution in [2.75, 3.05) is 16.8 Å². The topological polar surface area (TPSA) is 89.8 Å². The van der Waals surface area contributed by atoms with Gasteiger partial charge in [-0.25, -0.2) is 0 Å². The second kappa shape index (κ2) is 4.45. The summed E-state index contributed by atoms with van der Waals surface area (Å²) in [4.78, 5) is 7.92. The number of nitrogens with zero attached hydrogens (tertiary/aromatic N) is 2. The van der Waals surface area contributed by atoms with Gasteiger partial charge in [-0.1, -0.05) is 30.3 Å². The van der Waals surface area contributed by atoms with Gasteiger partial charge in [0.25, 0.3) is 0 Å². The van der Waals surface area contributed by atoms with Crippen molar-refractivity contribution in [3.05, 3.63) is 48.5 Å². The van der Waals surface area contributed by atoms with Gasteiger partial charge in [-0.2, -0.15) is 9.97 Å². The second-order valence-electron chi connectivity index (χ2n) is 4.22. The molecule has 1 aromatic heterocycles. The summed E-state index contributed by atoms with van der Waals surface area (Å²) in [5.74, 6) is 1.08. The van der Waals surface area contributed by atoms with Crippen LogP contribution in [0.1, 0.15) is 0 Å². The minimum Gasteiger partial charge on any atom is -0.383 e. The summed E-state index contributed by atoms with van der Waals surface area (Å²) in [6, 6.07) is 15.9. The number of aromatic nitrogens is 2. The minimum absolute atomic E-state index is 0.156. The molecular weight excluding hydrogens is 238 g/mol. The summed E-state index contributed by atoms with van der Waals surface area (Å²) in [5, 5.41) is 5.51. The molecule has 3 aromatic rings. The van der Waals surface area contributed by atoms with Crippen LogP contribution < -0.4 is 16.8 Å². The molecule has 0 unspecified atom stereocenters. The minimum atomic E-state index is 0.156. The highest BCUT2D eigenvalue weighted by Gasteiger charge is 2.01. The molecule has 0 aliphatic carbocycles. The molecule has 94 valence electrons. The molecule has 0 saturated heterocycles. The Hall–Kier alpha value is -2.82. The van der Waals surface area contributed by atoms with Gasteiger partial charge in [-0.05, 0) is 22.9 Å². The number of nitrogen functional groups attached to an aromatic ring is 2. The maximum atomic E-state index is 5.63. The van der Waals surface area contributed by atoms with E-state index in [-0.39, 0.29) is 5.95 Å². The van der Waals surface area contributed by atoms with Gasteiger partial charge in [-0.3, -0.25) is 0 Å². The normalized spacial score (nSPS) is 10.5. The maximum Gasteiger partial charge on any atom is 0.223 e. The Bertz CT molecular complexity index is 718. The number of rotatable bonds is 2. The molecule has 0 amide bonds. The van der Waals surface area contributed by atoms with E-state index in [1.54, 1.807) is 6.07 Å². The van der Waals surface area contributed by atoms with Gasteiger partial charge < -0.3 is 16.8 Å². The van der Waals surface area contributed by atoms with E-state index in [1.807, 2.05) is 30.3 Å². The van der Waals surface area contributed by atoms with Gasteiger partial charge in [0.05, 0.1) is 0 Å². The van der Waals surface area contributed by atoms with Crippen LogP contribution in [0.2, 0.25) is 0 Å². The molecule has 5 N–H and O–H groups in total. The Morgan fingerprint density at radius 2 is 1.63 bits per heavy atom. The van der Waals surface area contributed by atoms with E-state index in [0.717, 1.165) is 11.1 Å². The number of nitrogens with one attached hydrogen (secondary N) is 1. The molecule has 0 saturated carbocycles. The molecule has 5 heteroatoms. The SMILES string of the molecule is Nc1cc(Nc2ccc3ccccc3c2)nc(N)n1. The molecule has 0 spiro atoms. The lowest BCUT2D eigenvalue weighted by molar-refractivity contribution is 1.19. The first-order valence-corrected chi connectivity index (χ1v) is 5.86. The Labute approximate surface area is 110 Å². The molecule has 0 radical (unpaired) electrons. The van der Waals surface area contributed by atoms with E-state index in [4.69, 9.17) is 11.5 Å². The Balaban J connectivity index is 1.96. The summed E-state index contributed by atoms with van der Waals surface area (Å²) in [6.07, 6.45) is 0.